The molecule has 0 spiro atoms. The molecule has 1 aliphatic heterocycles. The number of benzene rings is 1. The van der Waals surface area contributed by atoms with Crippen LogP contribution in [-0.2, 0) is 18.9 Å². The smallest absolute Gasteiger partial charge is 0.191 e. The van der Waals surface area contributed by atoms with E-state index in [1.165, 1.54) is 16.8 Å². The van der Waals surface area contributed by atoms with Crippen molar-refractivity contribution in [3.8, 4) is 11.5 Å². The molecule has 1 aromatic carbocycles. The van der Waals surface area contributed by atoms with E-state index in [2.05, 4.69) is 67.5 Å². The van der Waals surface area contributed by atoms with Gasteiger partial charge in [0, 0.05) is 37.8 Å². The molecule has 0 saturated carbocycles. The maximum absolute atomic E-state index is 5.75. The lowest BCUT2D eigenvalue weighted by Crippen LogP contribution is -2.47. The number of nitrogens with one attached hydrogen (secondary N) is 2. The van der Waals surface area contributed by atoms with Gasteiger partial charge in [-0.2, -0.15) is 5.10 Å². The molecule has 7 heteroatoms. The average molecular weight is 414 g/mol. The number of aliphatic imine (C=N–C) groups is 1. The first-order valence-corrected chi connectivity index (χ1v) is 10.6. The minimum atomic E-state index is -0.104. The summed E-state index contributed by atoms with van der Waals surface area (Å²) in [6.07, 6.45) is 0.901. The van der Waals surface area contributed by atoms with Gasteiger partial charge in [-0.15, -0.1) is 0 Å². The van der Waals surface area contributed by atoms with Crippen LogP contribution >= 0.6 is 0 Å². The third-order valence-corrected chi connectivity index (χ3v) is 5.80. The van der Waals surface area contributed by atoms with E-state index in [0.717, 1.165) is 36.1 Å². The van der Waals surface area contributed by atoms with Crippen LogP contribution < -0.4 is 20.1 Å². The Bertz CT molecular complexity index is 917. The van der Waals surface area contributed by atoms with Gasteiger partial charge in [0.25, 0.3) is 0 Å². The van der Waals surface area contributed by atoms with Crippen LogP contribution in [0, 0.1) is 13.8 Å². The highest BCUT2D eigenvalue weighted by Crippen LogP contribution is 2.34. The molecule has 1 aromatic heterocycles. The zero-order valence-corrected chi connectivity index (χ0v) is 19.3. The van der Waals surface area contributed by atoms with E-state index >= 15 is 0 Å². The van der Waals surface area contributed by atoms with Crippen LogP contribution in [0.4, 0.5) is 0 Å². The molecule has 2 aromatic rings. The number of hydrogen-bond donors (Lipinski definition) is 2. The second-order valence-electron chi connectivity index (χ2n) is 8.69. The van der Waals surface area contributed by atoms with Gasteiger partial charge in [-0.05, 0) is 50.5 Å². The second-order valence-corrected chi connectivity index (χ2v) is 8.69. The first-order chi connectivity index (χ1) is 14.2. The summed E-state index contributed by atoms with van der Waals surface area (Å²) in [7, 11) is 3.80. The standard InChI is InChI=1S/C23H35N5O2/c1-15(12-19-16(2)27-28(7)17(19)3)26-22(24-6)25-14-23(4,5)18-8-9-20-21(13-18)30-11-10-29-20/h8-9,13,15H,10-12,14H2,1-7H3,(H2,24,25,26). The Kier molecular flexibility index (Phi) is 6.58. The maximum atomic E-state index is 5.75. The van der Waals surface area contributed by atoms with Crippen LogP contribution in [0.25, 0.3) is 0 Å². The van der Waals surface area contributed by atoms with Gasteiger partial charge in [-0.1, -0.05) is 19.9 Å². The molecular formula is C23H35N5O2. The van der Waals surface area contributed by atoms with E-state index in [0.29, 0.717) is 13.2 Å². The molecule has 3 rings (SSSR count). The van der Waals surface area contributed by atoms with Crippen LogP contribution in [-0.4, -0.2) is 48.6 Å². The summed E-state index contributed by atoms with van der Waals surface area (Å²) in [6, 6.07) is 6.43. The summed E-state index contributed by atoms with van der Waals surface area (Å²) >= 11 is 0. The lowest BCUT2D eigenvalue weighted by atomic mass is 9.84. The summed E-state index contributed by atoms with van der Waals surface area (Å²) in [5.41, 5.74) is 4.69. The fourth-order valence-electron chi connectivity index (χ4n) is 3.77. The first-order valence-electron chi connectivity index (χ1n) is 10.6. The normalized spacial score (nSPS) is 15.1. The summed E-state index contributed by atoms with van der Waals surface area (Å²) in [6.45, 7) is 12.7. The van der Waals surface area contributed by atoms with Gasteiger partial charge in [0.2, 0.25) is 0 Å². The molecule has 0 bridgehead atoms. The zero-order chi connectivity index (χ0) is 21.9. The number of ether oxygens (including phenoxy) is 2. The summed E-state index contributed by atoms with van der Waals surface area (Å²) in [5, 5.41) is 11.5. The highest BCUT2D eigenvalue weighted by molar-refractivity contribution is 5.80. The van der Waals surface area contributed by atoms with E-state index in [9.17, 15) is 0 Å². The third-order valence-electron chi connectivity index (χ3n) is 5.80. The van der Waals surface area contributed by atoms with Crippen molar-refractivity contribution in [3.63, 3.8) is 0 Å². The molecule has 1 atom stereocenters. The molecule has 0 saturated heterocycles. The van der Waals surface area contributed by atoms with E-state index in [1.54, 1.807) is 7.05 Å². The SMILES string of the molecule is CN=C(NCC(C)(C)c1ccc2c(c1)OCCO2)NC(C)Cc1c(C)nn(C)c1C. The number of aryl methyl sites for hydroxylation is 2. The van der Waals surface area contributed by atoms with Crippen LogP contribution in [0.1, 0.15) is 43.3 Å². The second kappa shape index (κ2) is 8.98. The molecule has 0 fully saturated rings. The summed E-state index contributed by atoms with van der Waals surface area (Å²) in [5.74, 6) is 2.44. The maximum Gasteiger partial charge on any atom is 0.191 e. The number of hydrogen-bond acceptors (Lipinski definition) is 4. The summed E-state index contributed by atoms with van der Waals surface area (Å²) < 4.78 is 13.3. The van der Waals surface area contributed by atoms with Crippen molar-refractivity contribution in [1.29, 1.82) is 0 Å². The van der Waals surface area contributed by atoms with Gasteiger partial charge >= 0.3 is 0 Å². The Morgan fingerprint density at radius 2 is 1.93 bits per heavy atom. The Labute approximate surface area is 179 Å². The van der Waals surface area contributed by atoms with Gasteiger partial charge in [0.05, 0.1) is 5.69 Å². The predicted octanol–water partition coefficient (Wildman–Crippen LogP) is 2.88. The van der Waals surface area contributed by atoms with Crippen molar-refractivity contribution in [2.24, 2.45) is 12.0 Å². The number of rotatable bonds is 6. The molecule has 2 heterocycles. The number of fused-ring (bicyclic) bond motifs is 1. The van der Waals surface area contributed by atoms with E-state index in [-0.39, 0.29) is 11.5 Å². The lowest BCUT2D eigenvalue weighted by Gasteiger charge is -2.29. The van der Waals surface area contributed by atoms with Crippen molar-refractivity contribution < 1.29 is 9.47 Å². The number of aromatic nitrogens is 2. The molecular weight excluding hydrogens is 378 g/mol. The first kappa shape index (κ1) is 22.0. The molecule has 2 N–H and O–H groups in total. The number of nitrogens with zero attached hydrogens (tertiary/aromatic N) is 3. The Balaban J connectivity index is 1.60. The Morgan fingerprint density at radius 3 is 2.57 bits per heavy atom. The molecule has 0 amide bonds. The molecule has 7 nitrogen and oxygen atoms in total. The fourth-order valence-corrected chi connectivity index (χ4v) is 3.77. The molecule has 30 heavy (non-hydrogen) atoms. The molecule has 0 aliphatic carbocycles. The molecule has 1 aliphatic rings. The van der Waals surface area contributed by atoms with Crippen LogP contribution in [0.5, 0.6) is 11.5 Å². The van der Waals surface area contributed by atoms with Gasteiger partial charge in [-0.25, -0.2) is 0 Å². The van der Waals surface area contributed by atoms with Crippen LogP contribution in [0.3, 0.4) is 0 Å². The molecule has 1 unspecified atom stereocenters. The number of guanidine groups is 1. The highest BCUT2D eigenvalue weighted by Gasteiger charge is 2.24. The van der Waals surface area contributed by atoms with Crippen LogP contribution in [0.2, 0.25) is 0 Å². The quantitative estimate of drug-likeness (QED) is 0.563. The average Bonchev–Trinajstić information content (AvgIpc) is 2.96. The Hall–Kier alpha value is -2.70. The molecule has 164 valence electrons. The lowest BCUT2D eigenvalue weighted by molar-refractivity contribution is 0.171. The third kappa shape index (κ3) is 4.89. The van der Waals surface area contributed by atoms with E-state index in [4.69, 9.17) is 9.47 Å². The van der Waals surface area contributed by atoms with Gasteiger partial charge in [0.1, 0.15) is 13.2 Å². The van der Waals surface area contributed by atoms with Crippen molar-refractivity contribution in [1.82, 2.24) is 20.4 Å². The van der Waals surface area contributed by atoms with Crippen molar-refractivity contribution in [3.05, 3.63) is 40.7 Å². The minimum Gasteiger partial charge on any atom is -0.486 e. The highest BCUT2D eigenvalue weighted by atomic mass is 16.6. The molecule has 0 radical (unpaired) electrons. The predicted molar refractivity (Wildman–Crippen MR) is 121 cm³/mol. The van der Waals surface area contributed by atoms with Crippen molar-refractivity contribution >= 4 is 5.96 Å². The zero-order valence-electron chi connectivity index (χ0n) is 19.3. The fraction of sp³-hybridized carbons (Fsp3) is 0.565. The van der Waals surface area contributed by atoms with Crippen molar-refractivity contribution in [2.75, 3.05) is 26.8 Å². The van der Waals surface area contributed by atoms with Crippen LogP contribution in [0.15, 0.2) is 23.2 Å². The topological polar surface area (TPSA) is 72.7 Å². The summed E-state index contributed by atoms with van der Waals surface area (Å²) in [4.78, 5) is 4.42. The monoisotopic (exact) mass is 413 g/mol. The van der Waals surface area contributed by atoms with E-state index in [1.807, 2.05) is 17.8 Å². The van der Waals surface area contributed by atoms with Gasteiger partial charge in [-0.3, -0.25) is 9.67 Å². The minimum absolute atomic E-state index is 0.104. The Morgan fingerprint density at radius 1 is 1.23 bits per heavy atom. The van der Waals surface area contributed by atoms with Gasteiger partial charge < -0.3 is 20.1 Å². The van der Waals surface area contributed by atoms with E-state index < -0.39 is 0 Å². The van der Waals surface area contributed by atoms with Gasteiger partial charge in [0.15, 0.2) is 17.5 Å². The largest absolute Gasteiger partial charge is 0.486 e. The van der Waals surface area contributed by atoms with Crippen molar-refractivity contribution in [2.45, 2.75) is 52.5 Å².